The number of nitrogens with zero attached hydrogens (tertiary/aromatic N) is 3. The molecule has 0 spiro atoms. The van der Waals surface area contributed by atoms with Crippen LogP contribution >= 0.6 is 46.3 Å². The standard InChI is InChI=1S/C28H22Cl3N3O4S/c29-20-2-1-3-21(30)24(20)25-18(26(39-33-25)15-4-5-15)12-38-17-6-7-19(22(31)11-17)28(37)13-34(14-28)23-10-16(27(35)36)8-9-32-23/h1-3,6-11,15,37H,4-5,12-14H2,(H,35,36). The summed E-state index contributed by atoms with van der Waals surface area (Å²) in [5, 5.41) is 21.9. The van der Waals surface area contributed by atoms with Crippen LogP contribution in [0.5, 0.6) is 5.75 Å². The Labute approximate surface area is 243 Å². The first kappa shape index (κ1) is 26.3. The van der Waals surface area contributed by atoms with Crippen molar-refractivity contribution in [3.8, 4) is 17.0 Å². The summed E-state index contributed by atoms with van der Waals surface area (Å²) in [5.41, 5.74) is 1.94. The summed E-state index contributed by atoms with van der Waals surface area (Å²) < 4.78 is 10.9. The normalized spacial score (nSPS) is 16.2. The number of halogens is 3. The van der Waals surface area contributed by atoms with E-state index in [0.29, 0.717) is 43.7 Å². The predicted molar refractivity (Wildman–Crippen MR) is 153 cm³/mol. The second-order valence-corrected chi connectivity index (χ2v) is 11.8. The molecule has 1 saturated carbocycles. The lowest BCUT2D eigenvalue weighted by molar-refractivity contribution is 0.00712. The van der Waals surface area contributed by atoms with Crippen molar-refractivity contribution in [2.45, 2.75) is 31.0 Å². The van der Waals surface area contributed by atoms with Crippen molar-refractivity contribution in [1.82, 2.24) is 9.36 Å². The summed E-state index contributed by atoms with van der Waals surface area (Å²) in [6, 6.07) is 13.6. The lowest BCUT2D eigenvalue weighted by Gasteiger charge is -2.47. The number of ether oxygens (including phenoxy) is 1. The molecule has 2 fully saturated rings. The number of aromatic carboxylic acids is 1. The molecule has 1 aliphatic heterocycles. The van der Waals surface area contributed by atoms with Gasteiger partial charge in [-0.2, -0.15) is 4.37 Å². The van der Waals surface area contributed by atoms with Crippen LogP contribution in [0.2, 0.25) is 15.1 Å². The highest BCUT2D eigenvalue weighted by atomic mass is 35.5. The Balaban J connectivity index is 1.19. The molecule has 3 heterocycles. The first-order valence-electron chi connectivity index (χ1n) is 12.3. The summed E-state index contributed by atoms with van der Waals surface area (Å²) in [7, 11) is 0. The third-order valence-corrected chi connectivity index (χ3v) is 9.01. The minimum atomic E-state index is -1.19. The van der Waals surface area contributed by atoms with Gasteiger partial charge in [0.2, 0.25) is 0 Å². The fraction of sp³-hybridized carbons (Fsp3) is 0.250. The van der Waals surface area contributed by atoms with Crippen LogP contribution in [0.4, 0.5) is 5.82 Å². The van der Waals surface area contributed by atoms with Crippen molar-refractivity contribution in [2.24, 2.45) is 0 Å². The van der Waals surface area contributed by atoms with E-state index in [-0.39, 0.29) is 25.3 Å². The van der Waals surface area contributed by atoms with Crippen molar-refractivity contribution in [2.75, 3.05) is 18.0 Å². The summed E-state index contributed by atoms with van der Waals surface area (Å²) in [6.45, 7) is 0.741. The van der Waals surface area contributed by atoms with Crippen molar-refractivity contribution in [1.29, 1.82) is 0 Å². The van der Waals surface area contributed by atoms with Crippen molar-refractivity contribution >= 4 is 58.1 Å². The number of carbonyl (C=O) groups is 1. The lowest BCUT2D eigenvalue weighted by atomic mass is 9.86. The van der Waals surface area contributed by atoms with E-state index in [1.807, 2.05) is 0 Å². The van der Waals surface area contributed by atoms with Gasteiger partial charge in [0.25, 0.3) is 0 Å². The largest absolute Gasteiger partial charge is 0.489 e. The molecule has 11 heteroatoms. The Morgan fingerprint density at radius 2 is 1.82 bits per heavy atom. The van der Waals surface area contributed by atoms with E-state index in [2.05, 4.69) is 4.98 Å². The highest BCUT2D eigenvalue weighted by Gasteiger charge is 2.44. The van der Waals surface area contributed by atoms with Crippen molar-refractivity contribution in [3.05, 3.63) is 91.4 Å². The fourth-order valence-electron chi connectivity index (χ4n) is 4.81. The van der Waals surface area contributed by atoms with Gasteiger partial charge >= 0.3 is 5.97 Å². The van der Waals surface area contributed by atoms with Crippen LogP contribution in [0, 0.1) is 0 Å². The number of carboxylic acid groups (broad SMARTS) is 1. The number of carboxylic acids is 1. The zero-order chi connectivity index (χ0) is 27.3. The lowest BCUT2D eigenvalue weighted by Crippen LogP contribution is -2.60. The predicted octanol–water partition coefficient (Wildman–Crippen LogP) is 7.03. The van der Waals surface area contributed by atoms with E-state index in [1.165, 1.54) is 34.7 Å². The molecule has 0 atom stereocenters. The van der Waals surface area contributed by atoms with Gasteiger partial charge in [0.15, 0.2) is 0 Å². The van der Waals surface area contributed by atoms with E-state index >= 15 is 0 Å². The quantitative estimate of drug-likeness (QED) is 0.224. The van der Waals surface area contributed by atoms with Crippen LogP contribution in [0.25, 0.3) is 11.3 Å². The molecule has 0 unspecified atom stereocenters. The Kier molecular flexibility index (Phi) is 6.93. The molecular weight excluding hydrogens is 581 g/mol. The number of benzene rings is 2. The molecule has 2 aromatic carbocycles. The average molecular weight is 603 g/mol. The van der Waals surface area contributed by atoms with E-state index in [4.69, 9.17) is 43.9 Å². The summed E-state index contributed by atoms with van der Waals surface area (Å²) >= 11 is 21.1. The molecule has 2 N–H and O–H groups in total. The van der Waals surface area contributed by atoms with Gasteiger partial charge in [-0.05, 0) is 66.7 Å². The van der Waals surface area contributed by atoms with Crippen LogP contribution < -0.4 is 9.64 Å². The molecule has 1 saturated heterocycles. The number of rotatable bonds is 8. The van der Waals surface area contributed by atoms with Gasteiger partial charge in [-0.3, -0.25) is 0 Å². The first-order chi connectivity index (χ1) is 18.7. The summed E-state index contributed by atoms with van der Waals surface area (Å²) in [4.78, 5) is 18.5. The topological polar surface area (TPSA) is 95.8 Å². The molecule has 4 aromatic rings. The molecule has 6 rings (SSSR count). The zero-order valence-corrected chi connectivity index (χ0v) is 23.5. The van der Waals surface area contributed by atoms with Crippen LogP contribution in [0.1, 0.15) is 45.1 Å². The summed E-state index contributed by atoms with van der Waals surface area (Å²) in [5.74, 6) is 0.491. The van der Waals surface area contributed by atoms with Crippen molar-refractivity contribution in [3.63, 3.8) is 0 Å². The fourth-order valence-corrected chi connectivity index (χ4v) is 6.77. The molecule has 0 bridgehead atoms. The number of β-amino-alcohol motifs (C(OH)–C–C–N with tert-alkyl or cyclic N) is 1. The summed E-state index contributed by atoms with van der Waals surface area (Å²) in [6.07, 6.45) is 3.69. The number of aliphatic hydroxyl groups is 1. The smallest absolute Gasteiger partial charge is 0.335 e. The molecule has 39 heavy (non-hydrogen) atoms. The van der Waals surface area contributed by atoms with Gasteiger partial charge in [-0.15, -0.1) is 0 Å². The van der Waals surface area contributed by atoms with Gasteiger partial charge in [0.05, 0.1) is 39.4 Å². The average Bonchev–Trinajstić information content (AvgIpc) is 3.66. The number of anilines is 1. The molecule has 200 valence electrons. The second kappa shape index (κ2) is 10.3. The minimum Gasteiger partial charge on any atom is -0.489 e. The maximum atomic E-state index is 11.3. The third-order valence-electron chi connectivity index (χ3n) is 7.01. The molecule has 0 radical (unpaired) electrons. The van der Waals surface area contributed by atoms with Crippen LogP contribution in [-0.2, 0) is 12.2 Å². The molecule has 1 aliphatic carbocycles. The van der Waals surface area contributed by atoms with Crippen LogP contribution in [0.15, 0.2) is 54.7 Å². The van der Waals surface area contributed by atoms with E-state index in [0.717, 1.165) is 24.1 Å². The number of hydrogen-bond acceptors (Lipinski definition) is 7. The van der Waals surface area contributed by atoms with Gasteiger partial charge < -0.3 is 19.8 Å². The zero-order valence-electron chi connectivity index (χ0n) is 20.4. The Morgan fingerprint density at radius 1 is 1.08 bits per heavy atom. The molecule has 7 nitrogen and oxygen atoms in total. The van der Waals surface area contributed by atoms with Gasteiger partial charge in [0, 0.05) is 27.8 Å². The Hall–Kier alpha value is -2.88. The number of pyridine rings is 1. The minimum absolute atomic E-state index is 0.139. The molecule has 2 aromatic heterocycles. The molecule has 0 amide bonds. The van der Waals surface area contributed by atoms with Gasteiger partial charge in [0.1, 0.15) is 23.8 Å². The van der Waals surface area contributed by atoms with E-state index in [9.17, 15) is 15.0 Å². The maximum absolute atomic E-state index is 11.3. The van der Waals surface area contributed by atoms with Crippen LogP contribution in [-0.4, -0.2) is 38.6 Å². The highest BCUT2D eigenvalue weighted by molar-refractivity contribution is 7.06. The SMILES string of the molecule is O=C(O)c1ccnc(N2CC(O)(c3ccc(OCc4c(-c5c(Cl)cccc5Cl)nsc4C4CC4)cc3Cl)C2)c1. The maximum Gasteiger partial charge on any atom is 0.335 e. The third kappa shape index (κ3) is 5.08. The molecular formula is C28H22Cl3N3O4S. The highest BCUT2D eigenvalue weighted by Crippen LogP contribution is 2.48. The van der Waals surface area contributed by atoms with Crippen LogP contribution in [0.3, 0.4) is 0 Å². The van der Waals surface area contributed by atoms with Gasteiger partial charge in [-0.1, -0.05) is 46.9 Å². The van der Waals surface area contributed by atoms with E-state index in [1.54, 1.807) is 41.3 Å². The van der Waals surface area contributed by atoms with E-state index < -0.39 is 11.6 Å². The van der Waals surface area contributed by atoms with Gasteiger partial charge in [-0.25, -0.2) is 9.78 Å². The monoisotopic (exact) mass is 601 g/mol. The van der Waals surface area contributed by atoms with Crippen molar-refractivity contribution < 1.29 is 19.7 Å². The number of hydrogen-bond donors (Lipinski definition) is 2. The first-order valence-corrected chi connectivity index (χ1v) is 14.2. The molecule has 2 aliphatic rings. The second-order valence-electron chi connectivity index (χ2n) is 9.77. The Bertz CT molecular complexity index is 1560. The number of aromatic nitrogens is 2. The Morgan fingerprint density at radius 3 is 2.49 bits per heavy atom.